The summed E-state index contributed by atoms with van der Waals surface area (Å²) in [5, 5.41) is 11.3. The van der Waals surface area contributed by atoms with Crippen LogP contribution in [0.25, 0.3) is 0 Å². The number of carbonyl (C=O) groups excluding carboxylic acids is 2. The standard InChI is InChI=1S/C15H21NO3/c1-9-4-6-16(7-5-9)14(17)12-10-2-3-11(8-10)13(12)15(18)19/h2-3,9-13H,4-8H2,1H3,(H,18,19)/p-1/t10-,11-,12-,13+/m1/s1. The molecule has 3 aliphatic rings. The highest BCUT2D eigenvalue weighted by molar-refractivity contribution is 5.86. The molecule has 104 valence electrons. The van der Waals surface area contributed by atoms with E-state index in [0.717, 1.165) is 32.4 Å². The minimum Gasteiger partial charge on any atom is -0.550 e. The van der Waals surface area contributed by atoms with Gasteiger partial charge >= 0.3 is 0 Å². The molecule has 0 N–H and O–H groups in total. The van der Waals surface area contributed by atoms with Crippen molar-refractivity contribution in [1.29, 1.82) is 0 Å². The number of allylic oxidation sites excluding steroid dienone is 2. The molecule has 2 bridgehead atoms. The number of nitrogens with zero attached hydrogens (tertiary/aromatic N) is 1. The number of carbonyl (C=O) groups is 2. The number of carboxylic acid groups (broad SMARTS) is 1. The first-order valence-electron chi connectivity index (χ1n) is 7.26. The van der Waals surface area contributed by atoms with E-state index in [1.165, 1.54) is 0 Å². The van der Waals surface area contributed by atoms with Crippen LogP contribution in [0.1, 0.15) is 26.2 Å². The first kappa shape index (κ1) is 12.7. The van der Waals surface area contributed by atoms with E-state index in [0.29, 0.717) is 5.92 Å². The smallest absolute Gasteiger partial charge is 0.226 e. The second kappa shape index (κ2) is 4.66. The van der Waals surface area contributed by atoms with Crippen LogP contribution < -0.4 is 5.11 Å². The molecule has 4 heteroatoms. The van der Waals surface area contributed by atoms with E-state index in [-0.39, 0.29) is 23.7 Å². The van der Waals surface area contributed by atoms with Gasteiger partial charge in [0.05, 0.1) is 5.92 Å². The highest BCUT2D eigenvalue weighted by Crippen LogP contribution is 2.48. The number of fused-ring (bicyclic) bond motifs is 2. The second-order valence-electron chi connectivity index (χ2n) is 6.33. The van der Waals surface area contributed by atoms with E-state index in [2.05, 4.69) is 6.92 Å². The summed E-state index contributed by atoms with van der Waals surface area (Å²) in [4.78, 5) is 25.8. The van der Waals surface area contributed by atoms with Crippen molar-refractivity contribution in [2.75, 3.05) is 13.1 Å². The number of hydrogen-bond acceptors (Lipinski definition) is 3. The topological polar surface area (TPSA) is 60.4 Å². The number of piperidine rings is 1. The highest BCUT2D eigenvalue weighted by Gasteiger charge is 2.49. The Kier molecular flexibility index (Phi) is 3.11. The molecule has 4 nitrogen and oxygen atoms in total. The van der Waals surface area contributed by atoms with Gasteiger partial charge in [-0.2, -0.15) is 0 Å². The molecule has 0 radical (unpaired) electrons. The molecule has 19 heavy (non-hydrogen) atoms. The maximum Gasteiger partial charge on any atom is 0.226 e. The van der Waals surface area contributed by atoms with E-state index in [4.69, 9.17) is 0 Å². The average molecular weight is 262 g/mol. The molecule has 3 rings (SSSR count). The van der Waals surface area contributed by atoms with Crippen molar-refractivity contribution in [2.45, 2.75) is 26.2 Å². The molecule has 1 amide bonds. The van der Waals surface area contributed by atoms with Gasteiger partial charge in [0.25, 0.3) is 0 Å². The predicted octanol–water partition coefficient (Wildman–Crippen LogP) is 0.433. The molecule has 1 saturated heterocycles. The van der Waals surface area contributed by atoms with E-state index >= 15 is 0 Å². The molecule has 2 aliphatic carbocycles. The second-order valence-corrected chi connectivity index (χ2v) is 6.33. The zero-order valence-corrected chi connectivity index (χ0v) is 11.2. The van der Waals surface area contributed by atoms with Gasteiger partial charge in [0.2, 0.25) is 5.91 Å². The predicted molar refractivity (Wildman–Crippen MR) is 67.7 cm³/mol. The Bertz CT molecular complexity index is 423. The number of amides is 1. The van der Waals surface area contributed by atoms with E-state index < -0.39 is 11.9 Å². The normalized spacial score (nSPS) is 37.8. The summed E-state index contributed by atoms with van der Waals surface area (Å²) < 4.78 is 0. The van der Waals surface area contributed by atoms with Crippen LogP contribution in [0, 0.1) is 29.6 Å². The molecular formula is C15H20NO3-. The van der Waals surface area contributed by atoms with Gasteiger partial charge in [-0.1, -0.05) is 19.1 Å². The van der Waals surface area contributed by atoms with E-state index in [1.54, 1.807) is 0 Å². The molecule has 2 fully saturated rings. The van der Waals surface area contributed by atoms with Crippen LogP contribution in [-0.2, 0) is 9.59 Å². The Morgan fingerprint density at radius 1 is 1.11 bits per heavy atom. The molecule has 0 aromatic heterocycles. The number of hydrogen-bond donors (Lipinski definition) is 0. The largest absolute Gasteiger partial charge is 0.550 e. The lowest BCUT2D eigenvalue weighted by molar-refractivity contribution is -0.313. The maximum absolute atomic E-state index is 12.6. The number of likely N-dealkylation sites (tertiary alicyclic amines) is 1. The lowest BCUT2D eigenvalue weighted by Crippen LogP contribution is -2.48. The van der Waals surface area contributed by atoms with Gasteiger partial charge in [-0.15, -0.1) is 0 Å². The maximum atomic E-state index is 12.6. The van der Waals surface area contributed by atoms with Gasteiger partial charge in [0, 0.05) is 25.0 Å². The van der Waals surface area contributed by atoms with Gasteiger partial charge in [-0.05, 0) is 37.0 Å². The summed E-state index contributed by atoms with van der Waals surface area (Å²) in [6.45, 7) is 3.75. The third-order valence-corrected chi connectivity index (χ3v) is 5.11. The number of aliphatic carboxylic acids is 1. The van der Waals surface area contributed by atoms with Crippen molar-refractivity contribution in [1.82, 2.24) is 4.90 Å². The summed E-state index contributed by atoms with van der Waals surface area (Å²) in [6, 6.07) is 0. The number of carboxylic acids is 1. The molecule has 0 unspecified atom stereocenters. The molecule has 0 aromatic rings. The van der Waals surface area contributed by atoms with Crippen molar-refractivity contribution in [3.63, 3.8) is 0 Å². The summed E-state index contributed by atoms with van der Waals surface area (Å²) in [7, 11) is 0. The average Bonchev–Trinajstić information content (AvgIpc) is 2.98. The fourth-order valence-corrected chi connectivity index (χ4v) is 3.92. The van der Waals surface area contributed by atoms with Crippen LogP contribution in [0.3, 0.4) is 0 Å². The van der Waals surface area contributed by atoms with Crippen molar-refractivity contribution in [2.24, 2.45) is 29.6 Å². The fraction of sp³-hybridized carbons (Fsp3) is 0.733. The molecule has 1 saturated carbocycles. The Hall–Kier alpha value is -1.32. The first-order chi connectivity index (χ1) is 9.08. The van der Waals surface area contributed by atoms with Crippen LogP contribution in [0.15, 0.2) is 12.2 Å². The summed E-state index contributed by atoms with van der Waals surface area (Å²) in [5.41, 5.74) is 0. The van der Waals surface area contributed by atoms with E-state index in [9.17, 15) is 14.7 Å². The minimum atomic E-state index is -1.06. The zero-order valence-electron chi connectivity index (χ0n) is 11.2. The third-order valence-electron chi connectivity index (χ3n) is 5.11. The number of rotatable bonds is 2. The lowest BCUT2D eigenvalue weighted by atomic mass is 9.81. The molecule has 0 aromatic carbocycles. The van der Waals surface area contributed by atoms with Crippen LogP contribution in [-0.4, -0.2) is 29.9 Å². The first-order valence-corrected chi connectivity index (χ1v) is 7.26. The third kappa shape index (κ3) is 2.07. The van der Waals surface area contributed by atoms with Crippen LogP contribution in [0.4, 0.5) is 0 Å². The molecule has 0 spiro atoms. The molecule has 4 atom stereocenters. The van der Waals surface area contributed by atoms with Crippen molar-refractivity contribution < 1.29 is 14.7 Å². The summed E-state index contributed by atoms with van der Waals surface area (Å²) in [5.74, 6) is -1.22. The van der Waals surface area contributed by atoms with Crippen molar-refractivity contribution in [3.8, 4) is 0 Å². The van der Waals surface area contributed by atoms with Crippen LogP contribution in [0.2, 0.25) is 0 Å². The van der Waals surface area contributed by atoms with Gasteiger partial charge in [-0.3, -0.25) is 4.79 Å². The Balaban J connectivity index is 1.75. The zero-order chi connectivity index (χ0) is 13.6. The van der Waals surface area contributed by atoms with Crippen molar-refractivity contribution in [3.05, 3.63) is 12.2 Å². The van der Waals surface area contributed by atoms with Crippen LogP contribution in [0.5, 0.6) is 0 Å². The van der Waals surface area contributed by atoms with Gasteiger partial charge in [0.1, 0.15) is 0 Å². The molecule has 1 aliphatic heterocycles. The molecule has 1 heterocycles. The quantitative estimate of drug-likeness (QED) is 0.678. The van der Waals surface area contributed by atoms with Gasteiger partial charge in [0.15, 0.2) is 0 Å². The Labute approximate surface area is 113 Å². The van der Waals surface area contributed by atoms with Gasteiger partial charge < -0.3 is 14.8 Å². The Morgan fingerprint density at radius 2 is 1.68 bits per heavy atom. The lowest BCUT2D eigenvalue weighted by Gasteiger charge is -2.36. The Morgan fingerprint density at radius 3 is 2.26 bits per heavy atom. The van der Waals surface area contributed by atoms with Crippen molar-refractivity contribution >= 4 is 11.9 Å². The highest BCUT2D eigenvalue weighted by atomic mass is 16.4. The monoisotopic (exact) mass is 262 g/mol. The molecular weight excluding hydrogens is 242 g/mol. The summed E-state index contributed by atoms with van der Waals surface area (Å²) in [6.07, 6.45) is 6.84. The van der Waals surface area contributed by atoms with Crippen LogP contribution >= 0.6 is 0 Å². The van der Waals surface area contributed by atoms with E-state index in [1.807, 2.05) is 17.1 Å². The fourth-order valence-electron chi connectivity index (χ4n) is 3.92. The SMILES string of the molecule is CC1CCN(C(=O)[C@H]2[C@@H](C(=O)[O-])[C@@H]3C=C[C@@H]2C3)CC1. The summed E-state index contributed by atoms with van der Waals surface area (Å²) >= 11 is 0. The minimum absolute atomic E-state index is 0.00710. The van der Waals surface area contributed by atoms with Gasteiger partial charge in [-0.25, -0.2) is 0 Å².